The van der Waals surface area contributed by atoms with Crippen LogP contribution in [0.25, 0.3) is 16.6 Å². The van der Waals surface area contributed by atoms with Crippen LogP contribution >= 0.6 is 11.3 Å². The van der Waals surface area contributed by atoms with Crippen molar-refractivity contribution in [2.45, 2.75) is 0 Å². The number of hydrogen-bond acceptors (Lipinski definition) is 10. The van der Waals surface area contributed by atoms with Crippen LogP contribution in [0.3, 0.4) is 0 Å². The maximum absolute atomic E-state index is 13.1. The molecule has 39 heavy (non-hydrogen) atoms. The third-order valence-corrected chi connectivity index (χ3v) is 7.81. The van der Waals surface area contributed by atoms with Crippen molar-refractivity contribution in [2.24, 2.45) is 0 Å². The van der Waals surface area contributed by atoms with Gasteiger partial charge in [0.1, 0.15) is 12.4 Å². The average Bonchev–Trinajstić information content (AvgIpc) is 3.59. The molecule has 1 amide bonds. The molecule has 6 rings (SSSR count). The number of hydrogen-bond donors (Lipinski definition) is 3. The van der Waals surface area contributed by atoms with Gasteiger partial charge in [-0.05, 0) is 24.3 Å². The van der Waals surface area contributed by atoms with Gasteiger partial charge in [0, 0.05) is 74.4 Å². The van der Waals surface area contributed by atoms with Crippen molar-refractivity contribution >= 4 is 39.4 Å². The Morgan fingerprint density at radius 1 is 1.18 bits per heavy atom. The number of pyridine rings is 1. The molecule has 0 aliphatic carbocycles. The number of fused-ring (bicyclic) bond motifs is 1. The number of benzene rings is 1. The number of rotatable bonds is 8. The molecule has 11 nitrogen and oxygen atoms in total. The monoisotopic (exact) mass is 549 g/mol. The fourth-order valence-electron chi connectivity index (χ4n) is 4.87. The van der Waals surface area contributed by atoms with Crippen molar-refractivity contribution in [2.75, 3.05) is 75.9 Å². The molecule has 2 fully saturated rings. The molecular weight excluding hydrogens is 518 g/mol. The second-order valence-electron chi connectivity index (χ2n) is 9.47. The van der Waals surface area contributed by atoms with Crippen molar-refractivity contribution in [3.05, 3.63) is 53.2 Å². The van der Waals surface area contributed by atoms with Crippen LogP contribution in [-0.2, 0) is 4.74 Å². The molecule has 12 heteroatoms. The van der Waals surface area contributed by atoms with Gasteiger partial charge in [-0.15, -0.1) is 11.3 Å². The van der Waals surface area contributed by atoms with Crippen LogP contribution in [0.15, 0.2) is 48.2 Å². The molecule has 204 valence electrons. The number of carbonyl (C=O) groups excluding carboxylic acids is 1. The lowest BCUT2D eigenvalue weighted by atomic mass is 10.2. The highest BCUT2D eigenvalue weighted by molar-refractivity contribution is 7.12. The third kappa shape index (κ3) is 5.69. The van der Waals surface area contributed by atoms with Gasteiger partial charge in [0.2, 0.25) is 5.88 Å². The fourth-order valence-corrected chi connectivity index (χ4v) is 5.56. The van der Waals surface area contributed by atoms with E-state index in [-0.39, 0.29) is 11.8 Å². The molecule has 0 bridgehead atoms. The second-order valence-corrected chi connectivity index (χ2v) is 10.3. The number of amides is 1. The van der Waals surface area contributed by atoms with Gasteiger partial charge in [-0.2, -0.15) is 0 Å². The summed E-state index contributed by atoms with van der Waals surface area (Å²) < 4.78 is 12.9. The predicted octanol–water partition coefficient (Wildman–Crippen LogP) is 2.56. The van der Waals surface area contributed by atoms with Crippen LogP contribution in [0.5, 0.6) is 11.6 Å². The zero-order valence-corrected chi connectivity index (χ0v) is 22.3. The van der Waals surface area contributed by atoms with Gasteiger partial charge < -0.3 is 30.1 Å². The van der Waals surface area contributed by atoms with Crippen molar-refractivity contribution in [3.8, 4) is 17.4 Å². The Labute approximate surface area is 230 Å². The number of nitrogens with one attached hydrogen (secondary N) is 2. The Hall–Kier alpha value is -3.71. The standard InChI is InChI=1S/C27H31N7O4S/c35-25(30-22-16-29-4-3-23(22)33-7-5-28-6-8-33)26-31-24(18-39-26)34-17-19-1-2-20(15-21(19)27(34)36)38-14-11-32-9-12-37-13-10-32/h1-4,15-18,28,36H,5-14H2,(H,30,35). The fraction of sp³-hybridized carbons (Fsp3) is 0.370. The van der Waals surface area contributed by atoms with E-state index in [2.05, 4.69) is 30.4 Å². The first kappa shape index (κ1) is 25.6. The number of carbonyl (C=O) groups is 1. The minimum Gasteiger partial charge on any atom is -0.494 e. The Morgan fingerprint density at radius 2 is 2.03 bits per heavy atom. The molecule has 5 heterocycles. The van der Waals surface area contributed by atoms with Gasteiger partial charge in [-0.1, -0.05) is 0 Å². The van der Waals surface area contributed by atoms with E-state index in [9.17, 15) is 9.90 Å². The number of aromatic nitrogens is 3. The summed E-state index contributed by atoms with van der Waals surface area (Å²) in [6.45, 7) is 8.23. The quantitative estimate of drug-likeness (QED) is 0.305. The Kier molecular flexibility index (Phi) is 7.59. The van der Waals surface area contributed by atoms with Crippen molar-refractivity contribution in [1.29, 1.82) is 0 Å². The van der Waals surface area contributed by atoms with Crippen LogP contribution in [0.1, 0.15) is 9.80 Å². The summed E-state index contributed by atoms with van der Waals surface area (Å²) in [5, 5.41) is 20.9. The highest BCUT2D eigenvalue weighted by atomic mass is 32.1. The number of aromatic hydroxyl groups is 1. The molecular formula is C27H31N7O4S. The van der Waals surface area contributed by atoms with E-state index in [0.717, 1.165) is 70.1 Å². The zero-order chi connectivity index (χ0) is 26.6. The SMILES string of the molecule is O=C(Nc1cnccc1N1CCNCC1)c1nc(-n2cc3ccc(OCCN4CCOCC4)cc3c2O)cs1. The summed E-state index contributed by atoms with van der Waals surface area (Å²) in [4.78, 5) is 26.3. The first-order valence-electron chi connectivity index (χ1n) is 13.1. The van der Waals surface area contributed by atoms with Gasteiger partial charge in [0.15, 0.2) is 10.8 Å². The molecule has 0 saturated carbocycles. The van der Waals surface area contributed by atoms with E-state index in [1.807, 2.05) is 30.5 Å². The predicted molar refractivity (Wildman–Crippen MR) is 151 cm³/mol. The topological polar surface area (TPSA) is 117 Å². The van der Waals surface area contributed by atoms with Crippen molar-refractivity contribution in [3.63, 3.8) is 0 Å². The minimum absolute atomic E-state index is 0.0501. The van der Waals surface area contributed by atoms with Gasteiger partial charge in [-0.3, -0.25) is 19.2 Å². The van der Waals surface area contributed by atoms with E-state index in [1.54, 1.807) is 22.3 Å². The number of morpholine rings is 1. The largest absolute Gasteiger partial charge is 0.494 e. The Balaban J connectivity index is 1.15. The van der Waals surface area contributed by atoms with Crippen LogP contribution in [0.4, 0.5) is 11.4 Å². The summed E-state index contributed by atoms with van der Waals surface area (Å²) >= 11 is 1.22. The molecule has 3 N–H and O–H groups in total. The summed E-state index contributed by atoms with van der Waals surface area (Å²) in [5.41, 5.74) is 1.59. The third-order valence-electron chi connectivity index (χ3n) is 6.98. The summed E-state index contributed by atoms with van der Waals surface area (Å²) in [6.07, 6.45) is 5.20. The highest BCUT2D eigenvalue weighted by Crippen LogP contribution is 2.33. The maximum Gasteiger partial charge on any atom is 0.284 e. The molecule has 0 atom stereocenters. The maximum atomic E-state index is 13.1. The lowest BCUT2D eigenvalue weighted by molar-refractivity contribution is 0.0322. The summed E-state index contributed by atoms with van der Waals surface area (Å²) in [7, 11) is 0. The first-order valence-corrected chi connectivity index (χ1v) is 14.0. The van der Waals surface area contributed by atoms with Gasteiger partial charge in [0.25, 0.3) is 5.91 Å². The molecule has 2 aliphatic rings. The summed E-state index contributed by atoms with van der Waals surface area (Å²) in [6, 6.07) is 7.56. The minimum atomic E-state index is -0.317. The number of anilines is 2. The van der Waals surface area contributed by atoms with Crippen LogP contribution in [-0.4, -0.2) is 96.1 Å². The normalized spacial score (nSPS) is 16.5. The lowest BCUT2D eigenvalue weighted by Crippen LogP contribution is -2.43. The highest BCUT2D eigenvalue weighted by Gasteiger charge is 2.20. The number of piperazine rings is 1. The molecule has 0 spiro atoms. The molecule has 0 radical (unpaired) electrons. The second kappa shape index (κ2) is 11.6. The molecule has 3 aromatic heterocycles. The van der Waals surface area contributed by atoms with E-state index < -0.39 is 0 Å². The molecule has 2 saturated heterocycles. The van der Waals surface area contributed by atoms with E-state index in [0.29, 0.717) is 34.3 Å². The van der Waals surface area contributed by atoms with Gasteiger partial charge in [-0.25, -0.2) is 4.98 Å². The molecule has 4 aromatic rings. The zero-order valence-electron chi connectivity index (χ0n) is 21.5. The van der Waals surface area contributed by atoms with Crippen LogP contribution in [0, 0.1) is 0 Å². The smallest absolute Gasteiger partial charge is 0.284 e. The lowest BCUT2D eigenvalue weighted by Gasteiger charge is -2.30. The number of ether oxygens (including phenoxy) is 2. The Bertz CT molecular complexity index is 1440. The van der Waals surface area contributed by atoms with E-state index in [4.69, 9.17) is 9.47 Å². The number of nitrogens with zero attached hydrogens (tertiary/aromatic N) is 5. The van der Waals surface area contributed by atoms with Crippen LogP contribution in [0.2, 0.25) is 0 Å². The van der Waals surface area contributed by atoms with Crippen LogP contribution < -0.4 is 20.3 Å². The van der Waals surface area contributed by atoms with Gasteiger partial charge >= 0.3 is 0 Å². The molecule has 0 unspecified atom stereocenters. The molecule has 2 aliphatic heterocycles. The number of thiazole rings is 1. The van der Waals surface area contributed by atoms with Crippen molar-refractivity contribution in [1.82, 2.24) is 24.8 Å². The van der Waals surface area contributed by atoms with Gasteiger partial charge in [0.05, 0.1) is 30.8 Å². The first-order chi connectivity index (χ1) is 19.2. The van der Waals surface area contributed by atoms with Crippen molar-refractivity contribution < 1.29 is 19.4 Å². The van der Waals surface area contributed by atoms with E-state index in [1.165, 1.54) is 11.3 Å². The van der Waals surface area contributed by atoms with E-state index >= 15 is 0 Å². The Morgan fingerprint density at radius 3 is 2.87 bits per heavy atom. The average molecular weight is 550 g/mol. The summed E-state index contributed by atoms with van der Waals surface area (Å²) in [5.74, 6) is 0.901. The molecule has 1 aromatic carbocycles.